The zero-order valence-corrected chi connectivity index (χ0v) is 13.3. The number of nitrogens with zero attached hydrogens (tertiary/aromatic N) is 1. The van der Waals surface area contributed by atoms with Crippen molar-refractivity contribution in [3.8, 4) is 22.3 Å². The zero-order chi connectivity index (χ0) is 16.9. The topological polar surface area (TPSA) is 82.0 Å². The summed E-state index contributed by atoms with van der Waals surface area (Å²) in [5.41, 5.74) is 17.4. The molecule has 0 radical (unpaired) electrons. The molecule has 0 aliphatic carbocycles. The third-order valence-corrected chi connectivity index (χ3v) is 4.04. The first-order chi connectivity index (χ1) is 11.7. The van der Waals surface area contributed by atoms with Gasteiger partial charge in [0.2, 0.25) is 5.91 Å². The summed E-state index contributed by atoms with van der Waals surface area (Å²) in [6.45, 7) is 0. The fourth-order valence-electron chi connectivity index (χ4n) is 2.84. The lowest BCUT2D eigenvalue weighted by atomic mass is 9.91. The van der Waals surface area contributed by atoms with Crippen molar-refractivity contribution in [2.45, 2.75) is 12.8 Å². The van der Waals surface area contributed by atoms with E-state index in [1.807, 2.05) is 54.6 Å². The van der Waals surface area contributed by atoms with E-state index < -0.39 is 0 Å². The van der Waals surface area contributed by atoms with Crippen molar-refractivity contribution < 1.29 is 4.79 Å². The maximum atomic E-state index is 11.3. The molecule has 4 heteroatoms. The summed E-state index contributed by atoms with van der Waals surface area (Å²) in [5.74, 6) is -0.333. The van der Waals surface area contributed by atoms with Gasteiger partial charge in [0, 0.05) is 35.6 Å². The number of pyridine rings is 1. The van der Waals surface area contributed by atoms with Crippen molar-refractivity contribution in [3.05, 3.63) is 72.6 Å². The van der Waals surface area contributed by atoms with E-state index in [1.165, 1.54) is 0 Å². The van der Waals surface area contributed by atoms with Gasteiger partial charge in [0.05, 0.1) is 0 Å². The number of anilines is 1. The lowest BCUT2D eigenvalue weighted by Crippen LogP contribution is -2.12. The van der Waals surface area contributed by atoms with E-state index in [0.29, 0.717) is 12.1 Å². The van der Waals surface area contributed by atoms with E-state index in [0.717, 1.165) is 27.8 Å². The molecule has 4 N–H and O–H groups in total. The van der Waals surface area contributed by atoms with Crippen LogP contribution in [0.4, 0.5) is 5.69 Å². The molecule has 2 aromatic carbocycles. The first kappa shape index (κ1) is 15.7. The molecular formula is C20H19N3O. The molecule has 0 spiro atoms. The van der Waals surface area contributed by atoms with Crippen LogP contribution in [0.5, 0.6) is 0 Å². The predicted octanol–water partition coefficient (Wildman–Crippen LogP) is 3.42. The number of benzene rings is 2. The smallest absolute Gasteiger partial charge is 0.217 e. The highest BCUT2D eigenvalue weighted by Crippen LogP contribution is 2.36. The molecule has 1 amide bonds. The Balaban J connectivity index is 2.13. The molecule has 1 aromatic heterocycles. The summed E-state index contributed by atoms with van der Waals surface area (Å²) in [5, 5.41) is 0. The molecule has 120 valence electrons. The fraction of sp³-hybridized carbons (Fsp3) is 0.100. The maximum Gasteiger partial charge on any atom is 0.217 e. The van der Waals surface area contributed by atoms with Gasteiger partial charge in [0.15, 0.2) is 0 Å². The van der Waals surface area contributed by atoms with Crippen LogP contribution in [0.15, 0.2) is 67.0 Å². The first-order valence-corrected chi connectivity index (χ1v) is 7.82. The number of carbonyl (C=O) groups is 1. The Morgan fingerprint density at radius 1 is 0.917 bits per heavy atom. The van der Waals surface area contributed by atoms with Crippen molar-refractivity contribution in [3.63, 3.8) is 0 Å². The highest BCUT2D eigenvalue weighted by molar-refractivity contribution is 5.86. The van der Waals surface area contributed by atoms with Gasteiger partial charge < -0.3 is 11.5 Å². The number of carbonyl (C=O) groups excluding carboxylic acids is 1. The van der Waals surface area contributed by atoms with E-state index >= 15 is 0 Å². The van der Waals surface area contributed by atoms with Gasteiger partial charge in [0.25, 0.3) is 0 Å². The molecule has 3 aromatic rings. The Kier molecular flexibility index (Phi) is 4.57. The van der Waals surface area contributed by atoms with Crippen molar-refractivity contribution in [2.75, 3.05) is 5.73 Å². The lowest BCUT2D eigenvalue weighted by Gasteiger charge is -2.16. The predicted molar refractivity (Wildman–Crippen MR) is 97.0 cm³/mol. The number of hydrogen-bond acceptors (Lipinski definition) is 3. The van der Waals surface area contributed by atoms with E-state index in [-0.39, 0.29) is 12.3 Å². The summed E-state index contributed by atoms with van der Waals surface area (Å²) in [6, 6.07) is 17.9. The standard InChI is InChI=1S/C20H19N3O/c21-19(24)11-10-18-16(14-5-2-1-3-6-14)8-9-17(20(18)22)15-7-4-12-23-13-15/h1-9,12-13H,10-11,22H2,(H2,21,24). The minimum Gasteiger partial charge on any atom is -0.398 e. The van der Waals surface area contributed by atoms with Gasteiger partial charge in [0.1, 0.15) is 0 Å². The monoisotopic (exact) mass is 317 g/mol. The lowest BCUT2D eigenvalue weighted by molar-refractivity contribution is -0.117. The van der Waals surface area contributed by atoms with Crippen LogP contribution in [0.2, 0.25) is 0 Å². The third-order valence-electron chi connectivity index (χ3n) is 4.04. The second-order valence-electron chi connectivity index (χ2n) is 5.63. The van der Waals surface area contributed by atoms with Crippen molar-refractivity contribution in [1.29, 1.82) is 0 Å². The van der Waals surface area contributed by atoms with Gasteiger partial charge in [-0.05, 0) is 29.2 Å². The maximum absolute atomic E-state index is 11.3. The molecule has 1 heterocycles. The normalized spacial score (nSPS) is 10.5. The van der Waals surface area contributed by atoms with Crippen molar-refractivity contribution >= 4 is 11.6 Å². The molecule has 0 atom stereocenters. The van der Waals surface area contributed by atoms with Crippen LogP contribution in [0.25, 0.3) is 22.3 Å². The van der Waals surface area contributed by atoms with Gasteiger partial charge >= 0.3 is 0 Å². The molecule has 24 heavy (non-hydrogen) atoms. The van der Waals surface area contributed by atoms with Crippen LogP contribution < -0.4 is 11.5 Å². The van der Waals surface area contributed by atoms with Gasteiger partial charge in [-0.3, -0.25) is 9.78 Å². The largest absolute Gasteiger partial charge is 0.398 e. The van der Waals surface area contributed by atoms with Crippen LogP contribution in [-0.4, -0.2) is 10.9 Å². The number of rotatable bonds is 5. The molecular weight excluding hydrogens is 298 g/mol. The molecule has 4 nitrogen and oxygen atoms in total. The number of nitrogen functional groups attached to an aromatic ring is 1. The van der Waals surface area contributed by atoms with E-state index in [1.54, 1.807) is 12.4 Å². The zero-order valence-electron chi connectivity index (χ0n) is 13.3. The number of aromatic nitrogens is 1. The number of primary amides is 1. The Hall–Kier alpha value is -3.14. The van der Waals surface area contributed by atoms with Gasteiger partial charge in [-0.1, -0.05) is 48.5 Å². The second kappa shape index (κ2) is 6.96. The number of amides is 1. The Morgan fingerprint density at radius 3 is 2.29 bits per heavy atom. The minimum atomic E-state index is -0.333. The van der Waals surface area contributed by atoms with Crippen LogP contribution in [0.1, 0.15) is 12.0 Å². The highest BCUT2D eigenvalue weighted by Gasteiger charge is 2.14. The summed E-state index contributed by atoms with van der Waals surface area (Å²) < 4.78 is 0. The van der Waals surface area contributed by atoms with Crippen LogP contribution in [-0.2, 0) is 11.2 Å². The average Bonchev–Trinajstić information content (AvgIpc) is 2.62. The summed E-state index contributed by atoms with van der Waals surface area (Å²) in [7, 11) is 0. The molecule has 3 rings (SSSR count). The molecule has 0 saturated carbocycles. The third kappa shape index (κ3) is 3.27. The van der Waals surface area contributed by atoms with Gasteiger partial charge in [-0.15, -0.1) is 0 Å². The van der Waals surface area contributed by atoms with Gasteiger partial charge in [-0.2, -0.15) is 0 Å². The Labute approximate surface area is 141 Å². The molecule has 0 bridgehead atoms. The minimum absolute atomic E-state index is 0.264. The summed E-state index contributed by atoms with van der Waals surface area (Å²) in [4.78, 5) is 15.4. The highest BCUT2D eigenvalue weighted by atomic mass is 16.1. The number of nitrogens with two attached hydrogens (primary N) is 2. The summed E-state index contributed by atoms with van der Waals surface area (Å²) >= 11 is 0. The van der Waals surface area contributed by atoms with E-state index in [2.05, 4.69) is 4.98 Å². The van der Waals surface area contributed by atoms with Crippen LogP contribution in [0.3, 0.4) is 0 Å². The van der Waals surface area contributed by atoms with E-state index in [9.17, 15) is 4.79 Å². The van der Waals surface area contributed by atoms with E-state index in [4.69, 9.17) is 11.5 Å². The van der Waals surface area contributed by atoms with Crippen molar-refractivity contribution in [1.82, 2.24) is 4.98 Å². The first-order valence-electron chi connectivity index (χ1n) is 7.82. The van der Waals surface area contributed by atoms with Crippen LogP contribution >= 0.6 is 0 Å². The molecule has 0 aliphatic heterocycles. The second-order valence-corrected chi connectivity index (χ2v) is 5.63. The molecule has 0 fully saturated rings. The Bertz CT molecular complexity index is 846. The van der Waals surface area contributed by atoms with Gasteiger partial charge in [-0.25, -0.2) is 0 Å². The molecule has 0 saturated heterocycles. The van der Waals surface area contributed by atoms with Crippen molar-refractivity contribution in [2.24, 2.45) is 5.73 Å². The Morgan fingerprint density at radius 2 is 1.62 bits per heavy atom. The molecule has 0 unspecified atom stereocenters. The quantitative estimate of drug-likeness (QED) is 0.707. The molecule has 0 aliphatic rings. The van der Waals surface area contributed by atoms with Crippen LogP contribution in [0, 0.1) is 0 Å². The SMILES string of the molecule is NC(=O)CCc1c(-c2ccccc2)ccc(-c2cccnc2)c1N. The average molecular weight is 317 g/mol. The fourth-order valence-corrected chi connectivity index (χ4v) is 2.84. The summed E-state index contributed by atoms with van der Waals surface area (Å²) in [6.07, 6.45) is 4.29. The number of hydrogen-bond donors (Lipinski definition) is 2.